The molecule has 0 spiro atoms. The molecule has 4 N–H and O–H groups in total. The number of carbonyl (C=O) groups excluding carboxylic acids is 1. The van der Waals surface area contributed by atoms with Gasteiger partial charge < -0.3 is 16.4 Å². The molecule has 3 aromatic rings. The molecular formula is C25H30N8O. The molecule has 1 aliphatic carbocycles. The van der Waals surface area contributed by atoms with Gasteiger partial charge in [0.05, 0.1) is 5.54 Å². The molecule has 4 rings (SSSR count). The first kappa shape index (κ1) is 23.2. The number of aromatic nitrogens is 5. The summed E-state index contributed by atoms with van der Waals surface area (Å²) in [5.41, 5.74) is 8.66. The Balaban J connectivity index is 1.86. The zero-order valence-corrected chi connectivity index (χ0v) is 20.1. The standard InChI is InChI=1S/C25H30N8O/c1-16-9-10-17(22(26)34)13-25(16,19-8-6-7-18(11-19)24(2,3)4)32-23-30-15-31-33(23)21-12-20(27-5)28-14-29-21/h6-12,14-15H,13H2,1-5H3,(H2,26,34)(H,27,28,29)(H,30,31,32). The van der Waals surface area contributed by atoms with E-state index in [-0.39, 0.29) is 5.41 Å². The van der Waals surface area contributed by atoms with E-state index in [0.717, 1.165) is 11.1 Å². The zero-order valence-electron chi connectivity index (χ0n) is 20.1. The van der Waals surface area contributed by atoms with Crippen LogP contribution in [-0.2, 0) is 15.7 Å². The highest BCUT2D eigenvalue weighted by Crippen LogP contribution is 2.42. The molecule has 1 aromatic carbocycles. The molecule has 176 valence electrons. The molecule has 0 saturated carbocycles. The van der Waals surface area contributed by atoms with Crippen LogP contribution in [0.4, 0.5) is 11.8 Å². The summed E-state index contributed by atoms with van der Waals surface area (Å²) in [4.78, 5) is 25.2. The van der Waals surface area contributed by atoms with Crippen LogP contribution < -0.4 is 16.4 Å². The lowest BCUT2D eigenvalue weighted by Crippen LogP contribution is -2.41. The van der Waals surface area contributed by atoms with Crippen molar-refractivity contribution < 1.29 is 4.79 Å². The van der Waals surface area contributed by atoms with Crippen LogP contribution >= 0.6 is 0 Å². The van der Waals surface area contributed by atoms with Crippen LogP contribution in [0, 0.1) is 0 Å². The molecular weight excluding hydrogens is 428 g/mol. The maximum absolute atomic E-state index is 12.2. The predicted molar refractivity (Wildman–Crippen MR) is 133 cm³/mol. The summed E-state index contributed by atoms with van der Waals surface area (Å²) in [5.74, 6) is 1.26. The molecule has 0 fully saturated rings. The fourth-order valence-electron chi connectivity index (χ4n) is 4.10. The molecule has 9 heteroatoms. The topological polar surface area (TPSA) is 124 Å². The third-order valence-corrected chi connectivity index (χ3v) is 6.20. The highest BCUT2D eigenvalue weighted by Gasteiger charge is 2.39. The first-order valence-electron chi connectivity index (χ1n) is 11.1. The second-order valence-electron chi connectivity index (χ2n) is 9.45. The van der Waals surface area contributed by atoms with Gasteiger partial charge in [-0.25, -0.2) is 9.97 Å². The average molecular weight is 459 g/mol. The number of primary amides is 1. The number of rotatable bonds is 6. The van der Waals surface area contributed by atoms with Crippen molar-refractivity contribution in [3.8, 4) is 5.82 Å². The van der Waals surface area contributed by atoms with Crippen LogP contribution in [0.5, 0.6) is 0 Å². The number of nitrogens with zero attached hydrogens (tertiary/aromatic N) is 5. The van der Waals surface area contributed by atoms with Crippen LogP contribution in [0.2, 0.25) is 0 Å². The van der Waals surface area contributed by atoms with Crippen LogP contribution in [0.25, 0.3) is 5.82 Å². The summed E-state index contributed by atoms with van der Waals surface area (Å²) in [5, 5.41) is 11.0. The molecule has 2 aromatic heterocycles. The largest absolute Gasteiger partial charge is 0.373 e. The quantitative estimate of drug-likeness (QED) is 0.517. The second-order valence-corrected chi connectivity index (χ2v) is 9.45. The number of allylic oxidation sites excluding steroid dienone is 2. The van der Waals surface area contributed by atoms with Crippen molar-refractivity contribution in [3.05, 3.63) is 77.4 Å². The molecule has 9 nitrogen and oxygen atoms in total. The average Bonchev–Trinajstić information content (AvgIpc) is 3.28. The lowest BCUT2D eigenvalue weighted by molar-refractivity contribution is -0.114. The summed E-state index contributed by atoms with van der Waals surface area (Å²) in [6.07, 6.45) is 7.03. The fraction of sp³-hybridized carbons (Fsp3) is 0.320. The molecule has 0 saturated heterocycles. The van der Waals surface area contributed by atoms with Gasteiger partial charge in [0.1, 0.15) is 18.5 Å². The Morgan fingerprint density at radius 3 is 2.62 bits per heavy atom. The van der Waals surface area contributed by atoms with E-state index in [1.165, 1.54) is 18.2 Å². The van der Waals surface area contributed by atoms with E-state index in [9.17, 15) is 4.79 Å². The predicted octanol–water partition coefficient (Wildman–Crippen LogP) is 3.47. The molecule has 0 bridgehead atoms. The Hall–Kier alpha value is -4.01. The Bertz CT molecular complexity index is 1280. The van der Waals surface area contributed by atoms with Crippen LogP contribution in [0.1, 0.15) is 45.2 Å². The van der Waals surface area contributed by atoms with E-state index >= 15 is 0 Å². The first-order valence-corrected chi connectivity index (χ1v) is 11.1. The SMILES string of the molecule is CNc1cc(-n2ncnc2NC2(c3cccc(C(C)(C)C)c3)CC(C(N)=O)=CC=C2C)ncn1. The van der Waals surface area contributed by atoms with Gasteiger partial charge in [0, 0.05) is 25.1 Å². The zero-order chi connectivity index (χ0) is 24.5. The number of carbonyl (C=O) groups is 1. The summed E-state index contributed by atoms with van der Waals surface area (Å²) in [6, 6.07) is 10.2. The number of nitrogens with one attached hydrogen (secondary N) is 2. The highest BCUT2D eigenvalue weighted by molar-refractivity contribution is 5.93. The van der Waals surface area contributed by atoms with Crippen molar-refractivity contribution in [1.29, 1.82) is 0 Å². The molecule has 1 amide bonds. The Labute approximate surface area is 199 Å². The van der Waals surface area contributed by atoms with Crippen molar-refractivity contribution in [2.24, 2.45) is 5.73 Å². The number of hydrogen-bond donors (Lipinski definition) is 3. The van der Waals surface area contributed by atoms with Crippen molar-refractivity contribution in [2.75, 3.05) is 17.7 Å². The number of nitrogens with two attached hydrogens (primary N) is 1. The van der Waals surface area contributed by atoms with Crippen molar-refractivity contribution in [3.63, 3.8) is 0 Å². The van der Waals surface area contributed by atoms with E-state index in [1.807, 2.05) is 19.1 Å². The minimum atomic E-state index is -0.760. The second kappa shape index (κ2) is 8.74. The fourth-order valence-corrected chi connectivity index (χ4v) is 4.10. The molecule has 0 radical (unpaired) electrons. The lowest BCUT2D eigenvalue weighted by atomic mass is 9.73. The van der Waals surface area contributed by atoms with E-state index in [4.69, 9.17) is 5.73 Å². The maximum atomic E-state index is 12.2. The number of amides is 1. The number of hydrogen-bond acceptors (Lipinski definition) is 7. The first-order chi connectivity index (χ1) is 16.1. The third-order valence-electron chi connectivity index (χ3n) is 6.20. The van der Waals surface area contributed by atoms with Crippen LogP contribution in [0.3, 0.4) is 0 Å². The molecule has 2 heterocycles. The van der Waals surface area contributed by atoms with Gasteiger partial charge in [0.15, 0.2) is 5.82 Å². The van der Waals surface area contributed by atoms with E-state index in [2.05, 4.69) is 69.7 Å². The Kier molecular flexibility index (Phi) is 5.95. The minimum absolute atomic E-state index is 0.0453. The van der Waals surface area contributed by atoms with Gasteiger partial charge in [-0.1, -0.05) is 57.2 Å². The van der Waals surface area contributed by atoms with Gasteiger partial charge in [-0.3, -0.25) is 4.79 Å². The molecule has 0 aliphatic heterocycles. The van der Waals surface area contributed by atoms with E-state index < -0.39 is 11.4 Å². The monoisotopic (exact) mass is 458 g/mol. The number of anilines is 2. The lowest BCUT2D eigenvalue weighted by Gasteiger charge is -2.39. The van der Waals surface area contributed by atoms with Crippen molar-refractivity contribution >= 4 is 17.7 Å². The molecule has 34 heavy (non-hydrogen) atoms. The minimum Gasteiger partial charge on any atom is -0.373 e. The summed E-state index contributed by atoms with van der Waals surface area (Å²) < 4.78 is 1.62. The Morgan fingerprint density at radius 1 is 1.12 bits per heavy atom. The summed E-state index contributed by atoms with van der Waals surface area (Å²) in [7, 11) is 1.79. The van der Waals surface area contributed by atoms with Gasteiger partial charge in [-0.2, -0.15) is 14.8 Å². The molecule has 1 atom stereocenters. The maximum Gasteiger partial charge on any atom is 0.244 e. The van der Waals surface area contributed by atoms with Gasteiger partial charge in [0.25, 0.3) is 0 Å². The summed E-state index contributed by atoms with van der Waals surface area (Å²) >= 11 is 0. The van der Waals surface area contributed by atoms with E-state index in [0.29, 0.717) is 29.6 Å². The van der Waals surface area contributed by atoms with Crippen LogP contribution in [-0.4, -0.2) is 37.7 Å². The summed E-state index contributed by atoms with van der Waals surface area (Å²) in [6.45, 7) is 8.57. The molecule has 1 unspecified atom stereocenters. The van der Waals surface area contributed by atoms with Gasteiger partial charge in [-0.15, -0.1) is 0 Å². The Morgan fingerprint density at radius 2 is 1.91 bits per heavy atom. The highest BCUT2D eigenvalue weighted by atomic mass is 16.1. The van der Waals surface area contributed by atoms with Crippen molar-refractivity contribution in [1.82, 2.24) is 24.7 Å². The number of benzene rings is 1. The van der Waals surface area contributed by atoms with Gasteiger partial charge >= 0.3 is 0 Å². The van der Waals surface area contributed by atoms with Crippen molar-refractivity contribution in [2.45, 2.75) is 45.1 Å². The van der Waals surface area contributed by atoms with Gasteiger partial charge in [-0.05, 0) is 29.0 Å². The van der Waals surface area contributed by atoms with E-state index in [1.54, 1.807) is 23.9 Å². The van der Waals surface area contributed by atoms with Crippen LogP contribution in [0.15, 0.2) is 66.3 Å². The normalized spacial score (nSPS) is 18.1. The molecule has 1 aliphatic rings. The van der Waals surface area contributed by atoms with Gasteiger partial charge in [0.2, 0.25) is 11.9 Å². The smallest absolute Gasteiger partial charge is 0.244 e. The third kappa shape index (κ3) is 4.28.